The van der Waals surface area contributed by atoms with E-state index < -0.39 is 29.6 Å². The summed E-state index contributed by atoms with van der Waals surface area (Å²) in [6, 6.07) is 3.82. The van der Waals surface area contributed by atoms with E-state index in [0.717, 1.165) is 12.1 Å². The van der Waals surface area contributed by atoms with Crippen molar-refractivity contribution >= 4 is 11.9 Å². The molecule has 1 amide bonds. The van der Waals surface area contributed by atoms with Crippen LogP contribution in [-0.2, 0) is 16.1 Å². The molecule has 2 aromatic rings. The minimum atomic E-state index is -0.851. The van der Waals surface area contributed by atoms with Gasteiger partial charge in [-0.1, -0.05) is 19.0 Å². The summed E-state index contributed by atoms with van der Waals surface area (Å²) in [6.45, 7) is 5.50. The Hall–Kier alpha value is -2.97. The molecule has 0 saturated heterocycles. The van der Waals surface area contributed by atoms with Crippen LogP contribution >= 0.6 is 0 Å². The topological polar surface area (TPSA) is 90.7 Å². The number of carbonyl (C=O) groups excluding carboxylic acids is 2. The van der Waals surface area contributed by atoms with Crippen LogP contribution < -0.4 is 10.1 Å². The molecule has 1 heterocycles. The van der Waals surface area contributed by atoms with E-state index in [4.69, 9.17) is 14.0 Å². The van der Waals surface area contributed by atoms with Gasteiger partial charge in [0, 0.05) is 18.2 Å². The zero-order valence-electron chi connectivity index (χ0n) is 15.8. The second kappa shape index (κ2) is 9.82. The van der Waals surface area contributed by atoms with Gasteiger partial charge in [-0.15, -0.1) is 0 Å². The van der Waals surface area contributed by atoms with Crippen molar-refractivity contribution in [2.24, 2.45) is 5.92 Å². The van der Waals surface area contributed by atoms with Crippen molar-refractivity contribution in [1.29, 1.82) is 0 Å². The third-order valence-corrected chi connectivity index (χ3v) is 3.87. The Kier molecular flexibility index (Phi) is 7.48. The largest absolute Gasteiger partial charge is 0.482 e. The molecular weight excluding hydrogens is 374 g/mol. The molecule has 1 aromatic heterocycles. The molecular formula is C19H22F2N2O5. The van der Waals surface area contributed by atoms with Crippen LogP contribution in [0.2, 0.25) is 0 Å². The summed E-state index contributed by atoms with van der Waals surface area (Å²) in [6.07, 6.45) is 0.0366. The SMILES string of the molecule is CCOC(=O)C[C@@H](NC(=O)c1cc(COc2ccc(F)cc2F)on1)C(C)C. The number of rotatable bonds is 9. The Bertz CT molecular complexity index is 822. The first-order valence-corrected chi connectivity index (χ1v) is 8.80. The standard InChI is InChI=1S/C19H22F2N2O5/c1-4-26-18(24)9-15(11(2)3)22-19(25)16-8-13(28-23-16)10-27-17-6-5-12(20)7-14(17)21/h5-8,11,15H,4,9-10H2,1-3H3,(H,22,25)/t15-/m1/s1. The number of nitrogens with zero attached hydrogens (tertiary/aromatic N) is 1. The number of hydrogen-bond donors (Lipinski definition) is 1. The van der Waals surface area contributed by atoms with Gasteiger partial charge in [0.15, 0.2) is 23.0 Å². The molecule has 1 aromatic carbocycles. The first-order chi connectivity index (χ1) is 13.3. The van der Waals surface area contributed by atoms with Crippen LogP contribution in [0.1, 0.15) is 43.4 Å². The van der Waals surface area contributed by atoms with Crippen molar-refractivity contribution in [3.05, 3.63) is 47.4 Å². The maximum absolute atomic E-state index is 13.6. The number of amides is 1. The number of ether oxygens (including phenoxy) is 2. The van der Waals surface area contributed by atoms with Gasteiger partial charge in [-0.2, -0.15) is 0 Å². The first-order valence-electron chi connectivity index (χ1n) is 8.80. The van der Waals surface area contributed by atoms with Gasteiger partial charge >= 0.3 is 5.97 Å². The van der Waals surface area contributed by atoms with Crippen molar-refractivity contribution in [2.75, 3.05) is 6.61 Å². The van der Waals surface area contributed by atoms with Crippen LogP contribution in [0.5, 0.6) is 5.75 Å². The maximum Gasteiger partial charge on any atom is 0.307 e. The third kappa shape index (κ3) is 6.04. The van der Waals surface area contributed by atoms with Gasteiger partial charge in [0.05, 0.1) is 13.0 Å². The smallest absolute Gasteiger partial charge is 0.307 e. The molecule has 0 radical (unpaired) electrons. The molecule has 0 spiro atoms. The van der Waals surface area contributed by atoms with Crippen LogP contribution in [-0.4, -0.2) is 29.7 Å². The van der Waals surface area contributed by atoms with E-state index in [1.54, 1.807) is 6.92 Å². The number of halogens is 2. The van der Waals surface area contributed by atoms with Crippen molar-refractivity contribution in [2.45, 2.75) is 39.8 Å². The molecule has 0 aliphatic carbocycles. The monoisotopic (exact) mass is 396 g/mol. The van der Waals surface area contributed by atoms with Gasteiger partial charge in [-0.3, -0.25) is 9.59 Å². The lowest BCUT2D eigenvalue weighted by molar-refractivity contribution is -0.143. The summed E-state index contributed by atoms with van der Waals surface area (Å²) in [5.41, 5.74) is -0.00677. The fourth-order valence-electron chi connectivity index (χ4n) is 2.32. The maximum atomic E-state index is 13.6. The minimum Gasteiger partial charge on any atom is -0.482 e. The van der Waals surface area contributed by atoms with Crippen molar-refractivity contribution in [1.82, 2.24) is 10.5 Å². The Morgan fingerprint density at radius 1 is 1.25 bits per heavy atom. The highest BCUT2D eigenvalue weighted by molar-refractivity contribution is 5.92. The Labute approximate surface area is 161 Å². The number of carbonyl (C=O) groups is 2. The predicted molar refractivity (Wildman–Crippen MR) is 94.5 cm³/mol. The molecule has 9 heteroatoms. The molecule has 1 atom stereocenters. The molecule has 0 bridgehead atoms. The summed E-state index contributed by atoms with van der Waals surface area (Å²) in [4.78, 5) is 24.0. The van der Waals surface area contributed by atoms with Crippen molar-refractivity contribution < 1.29 is 32.4 Å². The van der Waals surface area contributed by atoms with Gasteiger partial charge < -0.3 is 19.3 Å². The van der Waals surface area contributed by atoms with E-state index in [-0.39, 0.29) is 42.8 Å². The number of benzene rings is 1. The number of nitrogens with one attached hydrogen (secondary N) is 1. The second-order valence-corrected chi connectivity index (χ2v) is 6.38. The highest BCUT2D eigenvalue weighted by Crippen LogP contribution is 2.19. The van der Waals surface area contributed by atoms with E-state index in [1.165, 1.54) is 6.07 Å². The van der Waals surface area contributed by atoms with Gasteiger partial charge in [-0.05, 0) is 25.0 Å². The zero-order chi connectivity index (χ0) is 20.7. The van der Waals surface area contributed by atoms with E-state index in [2.05, 4.69) is 10.5 Å². The fourth-order valence-corrected chi connectivity index (χ4v) is 2.32. The Morgan fingerprint density at radius 3 is 2.64 bits per heavy atom. The fraction of sp³-hybridized carbons (Fsp3) is 0.421. The van der Waals surface area contributed by atoms with E-state index in [9.17, 15) is 18.4 Å². The van der Waals surface area contributed by atoms with Crippen LogP contribution in [0.4, 0.5) is 8.78 Å². The molecule has 7 nitrogen and oxygen atoms in total. The number of hydrogen-bond acceptors (Lipinski definition) is 6. The molecule has 1 N–H and O–H groups in total. The van der Waals surface area contributed by atoms with Gasteiger partial charge in [0.1, 0.15) is 12.4 Å². The van der Waals surface area contributed by atoms with Crippen molar-refractivity contribution in [3.63, 3.8) is 0 Å². The van der Waals surface area contributed by atoms with Crippen molar-refractivity contribution in [3.8, 4) is 5.75 Å². The summed E-state index contributed by atoms with van der Waals surface area (Å²) in [5.74, 6) is -2.48. The zero-order valence-corrected chi connectivity index (χ0v) is 15.8. The summed E-state index contributed by atoms with van der Waals surface area (Å²) in [5, 5.41) is 6.38. The Morgan fingerprint density at radius 2 is 2.00 bits per heavy atom. The lowest BCUT2D eigenvalue weighted by Gasteiger charge is -2.20. The molecule has 152 valence electrons. The molecule has 0 aliphatic heterocycles. The quantitative estimate of drug-likeness (QED) is 0.655. The second-order valence-electron chi connectivity index (χ2n) is 6.38. The van der Waals surface area contributed by atoms with Gasteiger partial charge in [0.2, 0.25) is 0 Å². The molecule has 2 rings (SSSR count). The minimum absolute atomic E-state index is 0.00677. The average Bonchev–Trinajstić information content (AvgIpc) is 3.09. The van der Waals surface area contributed by atoms with Gasteiger partial charge in [0.25, 0.3) is 5.91 Å². The van der Waals surface area contributed by atoms with E-state index in [1.807, 2.05) is 13.8 Å². The average molecular weight is 396 g/mol. The summed E-state index contributed by atoms with van der Waals surface area (Å²) in [7, 11) is 0. The molecule has 0 aliphatic rings. The molecule has 0 saturated carbocycles. The predicted octanol–water partition coefficient (Wildman–Crippen LogP) is 3.24. The van der Waals surface area contributed by atoms with Crippen LogP contribution in [0.3, 0.4) is 0 Å². The van der Waals surface area contributed by atoms with E-state index in [0.29, 0.717) is 6.07 Å². The Balaban J connectivity index is 1.95. The van der Waals surface area contributed by atoms with Crippen LogP contribution in [0.15, 0.2) is 28.8 Å². The van der Waals surface area contributed by atoms with Crippen LogP contribution in [0, 0.1) is 17.6 Å². The highest BCUT2D eigenvalue weighted by atomic mass is 19.1. The number of aromatic nitrogens is 1. The molecule has 28 heavy (non-hydrogen) atoms. The normalized spacial score (nSPS) is 11.9. The molecule has 0 fully saturated rings. The number of esters is 1. The van der Waals surface area contributed by atoms with Crippen LogP contribution in [0.25, 0.3) is 0 Å². The lowest BCUT2D eigenvalue weighted by atomic mass is 10.0. The summed E-state index contributed by atoms with van der Waals surface area (Å²) < 4.78 is 41.6. The lowest BCUT2D eigenvalue weighted by Crippen LogP contribution is -2.40. The molecule has 0 unspecified atom stereocenters. The van der Waals surface area contributed by atoms with E-state index >= 15 is 0 Å². The summed E-state index contributed by atoms with van der Waals surface area (Å²) >= 11 is 0. The highest BCUT2D eigenvalue weighted by Gasteiger charge is 2.23. The van der Waals surface area contributed by atoms with Gasteiger partial charge in [-0.25, -0.2) is 8.78 Å². The first kappa shape index (κ1) is 21.3. The third-order valence-electron chi connectivity index (χ3n) is 3.87.